The molecule has 2 unspecified atom stereocenters. The molecule has 4 nitrogen and oxygen atoms in total. The maximum absolute atomic E-state index is 6.41. The van der Waals surface area contributed by atoms with Crippen LogP contribution in [-0.4, -0.2) is 10.1 Å². The highest BCUT2D eigenvalue weighted by Crippen LogP contribution is 2.43. The fourth-order valence-electron chi connectivity index (χ4n) is 4.04. The Kier molecular flexibility index (Phi) is 5.22. The van der Waals surface area contributed by atoms with Crippen molar-refractivity contribution < 1.29 is 4.42 Å². The van der Waals surface area contributed by atoms with Gasteiger partial charge in [0.1, 0.15) is 17.6 Å². The Balaban J connectivity index is 1.61. The minimum absolute atomic E-state index is 0.145. The van der Waals surface area contributed by atoms with E-state index in [0.717, 1.165) is 39.1 Å². The van der Waals surface area contributed by atoms with Gasteiger partial charge in [-0.2, -0.15) is 0 Å². The van der Waals surface area contributed by atoms with Gasteiger partial charge < -0.3 is 14.6 Å². The molecule has 1 fully saturated rings. The number of para-hydroxylation sites is 1. The van der Waals surface area contributed by atoms with Gasteiger partial charge in [-0.15, -0.1) is 0 Å². The molecule has 0 aliphatic carbocycles. The van der Waals surface area contributed by atoms with Crippen molar-refractivity contribution in [1.29, 1.82) is 0 Å². The first-order valence-corrected chi connectivity index (χ1v) is 10.8. The summed E-state index contributed by atoms with van der Waals surface area (Å²) in [5, 5.41) is 4.81. The molecule has 1 N–H and O–H groups in total. The lowest BCUT2D eigenvalue weighted by molar-refractivity contribution is 0.439. The van der Waals surface area contributed by atoms with E-state index in [1.54, 1.807) is 6.20 Å². The average Bonchev–Trinajstić information content (AvgIpc) is 3.41. The van der Waals surface area contributed by atoms with Crippen LogP contribution in [0.25, 0.3) is 11.3 Å². The van der Waals surface area contributed by atoms with E-state index in [-0.39, 0.29) is 12.1 Å². The number of hydrogen-bond donors (Lipinski definition) is 1. The Morgan fingerprint density at radius 2 is 1.77 bits per heavy atom. The number of nitrogens with one attached hydrogen (secondary N) is 1. The van der Waals surface area contributed by atoms with Gasteiger partial charge in [-0.3, -0.25) is 4.98 Å². The summed E-state index contributed by atoms with van der Waals surface area (Å²) in [6.45, 7) is 2.00. The van der Waals surface area contributed by atoms with Gasteiger partial charge in [0.05, 0.1) is 11.7 Å². The lowest BCUT2D eigenvalue weighted by Gasteiger charge is -2.26. The molecule has 31 heavy (non-hydrogen) atoms. The Bertz CT molecular complexity index is 1230. The number of rotatable bonds is 4. The number of anilines is 1. The minimum Gasteiger partial charge on any atom is -0.459 e. The average molecular weight is 446 g/mol. The molecule has 1 saturated heterocycles. The predicted molar refractivity (Wildman–Crippen MR) is 128 cm³/mol. The first-order chi connectivity index (χ1) is 15.1. The summed E-state index contributed by atoms with van der Waals surface area (Å²) in [5.74, 6) is 1.59. The second-order valence-electron chi connectivity index (χ2n) is 7.45. The van der Waals surface area contributed by atoms with Crippen LogP contribution in [0.15, 0.2) is 89.5 Å². The third-order valence-electron chi connectivity index (χ3n) is 5.58. The Morgan fingerprint density at radius 3 is 2.55 bits per heavy atom. The van der Waals surface area contributed by atoms with E-state index in [1.807, 2.05) is 85.8 Å². The van der Waals surface area contributed by atoms with Crippen molar-refractivity contribution in [3.8, 4) is 11.3 Å². The zero-order valence-corrected chi connectivity index (χ0v) is 18.4. The van der Waals surface area contributed by atoms with Gasteiger partial charge in [-0.05, 0) is 67.2 Å². The molecule has 4 aromatic rings. The first-order valence-electron chi connectivity index (χ1n) is 10.0. The highest BCUT2D eigenvalue weighted by atomic mass is 35.5. The molecule has 2 aromatic heterocycles. The lowest BCUT2D eigenvalue weighted by Crippen LogP contribution is -2.29. The molecule has 0 spiro atoms. The molecule has 0 radical (unpaired) electrons. The summed E-state index contributed by atoms with van der Waals surface area (Å²) in [4.78, 5) is 6.68. The highest BCUT2D eigenvalue weighted by molar-refractivity contribution is 7.80. The summed E-state index contributed by atoms with van der Waals surface area (Å²) < 4.78 is 6.41. The van der Waals surface area contributed by atoms with Crippen LogP contribution in [-0.2, 0) is 0 Å². The third-order valence-corrected chi connectivity index (χ3v) is 6.31. The van der Waals surface area contributed by atoms with Crippen LogP contribution in [0.3, 0.4) is 0 Å². The summed E-state index contributed by atoms with van der Waals surface area (Å²) in [6.07, 6.45) is 1.80. The SMILES string of the molecule is Cc1c(Cl)cccc1-c1ccc(C2C(c3ccccn3)NC(=S)N2c2ccccc2)o1. The number of thiocarbonyl (C=S) groups is 1. The van der Waals surface area contributed by atoms with Gasteiger partial charge in [0.2, 0.25) is 0 Å². The molecule has 0 bridgehead atoms. The smallest absolute Gasteiger partial charge is 0.174 e. The van der Waals surface area contributed by atoms with E-state index in [2.05, 4.69) is 15.2 Å². The molecule has 1 aliphatic rings. The van der Waals surface area contributed by atoms with Gasteiger partial charge in [-0.25, -0.2) is 0 Å². The van der Waals surface area contributed by atoms with Crippen LogP contribution in [0, 0.1) is 6.92 Å². The molecule has 0 saturated carbocycles. The second-order valence-corrected chi connectivity index (χ2v) is 8.24. The number of pyridine rings is 1. The van der Waals surface area contributed by atoms with Crippen LogP contribution in [0.5, 0.6) is 0 Å². The monoisotopic (exact) mass is 445 g/mol. The number of nitrogens with zero attached hydrogens (tertiary/aromatic N) is 2. The topological polar surface area (TPSA) is 41.3 Å². The van der Waals surface area contributed by atoms with Crippen molar-refractivity contribution in [1.82, 2.24) is 10.3 Å². The standard InChI is InChI=1S/C25H20ClN3OS/c1-16-18(10-7-11-19(16)26)21-13-14-22(30-21)24-23(20-12-5-6-15-27-20)28-25(31)29(24)17-8-3-2-4-9-17/h2-15,23-24H,1H3,(H,28,31). The number of aromatic nitrogens is 1. The van der Waals surface area contributed by atoms with Gasteiger partial charge >= 0.3 is 0 Å². The third kappa shape index (κ3) is 3.60. The van der Waals surface area contributed by atoms with Crippen molar-refractivity contribution in [3.63, 3.8) is 0 Å². The van der Waals surface area contributed by atoms with Gasteiger partial charge in [0.25, 0.3) is 0 Å². The molecule has 1 aliphatic heterocycles. The molecule has 6 heteroatoms. The molecule has 2 atom stereocenters. The van der Waals surface area contributed by atoms with Gasteiger partial charge in [0.15, 0.2) is 5.11 Å². The van der Waals surface area contributed by atoms with Gasteiger partial charge in [-0.1, -0.05) is 48.0 Å². The Morgan fingerprint density at radius 1 is 0.968 bits per heavy atom. The number of halogens is 1. The molecule has 154 valence electrons. The maximum atomic E-state index is 6.41. The van der Waals surface area contributed by atoms with E-state index in [1.165, 1.54) is 0 Å². The molecule has 2 aromatic carbocycles. The molecule has 5 rings (SSSR count). The summed E-state index contributed by atoms with van der Waals surface area (Å²) >= 11 is 12.1. The largest absolute Gasteiger partial charge is 0.459 e. The fraction of sp³-hybridized carbons (Fsp3) is 0.120. The van der Waals surface area contributed by atoms with Crippen molar-refractivity contribution in [2.24, 2.45) is 0 Å². The Hall–Kier alpha value is -3.15. The van der Waals surface area contributed by atoms with Crippen LogP contribution < -0.4 is 10.2 Å². The van der Waals surface area contributed by atoms with E-state index < -0.39 is 0 Å². The van der Waals surface area contributed by atoms with E-state index in [4.69, 9.17) is 28.2 Å². The van der Waals surface area contributed by atoms with Crippen molar-refractivity contribution in [3.05, 3.63) is 107 Å². The van der Waals surface area contributed by atoms with E-state index >= 15 is 0 Å². The van der Waals surface area contributed by atoms with E-state index in [0.29, 0.717) is 5.11 Å². The fourth-order valence-corrected chi connectivity index (χ4v) is 4.56. The maximum Gasteiger partial charge on any atom is 0.174 e. The van der Waals surface area contributed by atoms with Crippen molar-refractivity contribution in [2.45, 2.75) is 19.0 Å². The first kappa shape index (κ1) is 19.8. The molecule has 3 heterocycles. The second kappa shape index (κ2) is 8.17. The van der Waals surface area contributed by atoms with E-state index in [9.17, 15) is 0 Å². The lowest BCUT2D eigenvalue weighted by atomic mass is 10.0. The molecular formula is C25H20ClN3OS. The predicted octanol–water partition coefficient (Wildman–Crippen LogP) is 6.48. The summed E-state index contributed by atoms with van der Waals surface area (Å²) in [6, 6.07) is 25.5. The molecule has 0 amide bonds. The quantitative estimate of drug-likeness (QED) is 0.364. The summed E-state index contributed by atoms with van der Waals surface area (Å²) in [5.41, 5.74) is 3.88. The molecular weight excluding hydrogens is 426 g/mol. The van der Waals surface area contributed by atoms with Crippen LogP contribution in [0.2, 0.25) is 5.02 Å². The zero-order chi connectivity index (χ0) is 21.4. The Labute approximate surface area is 191 Å². The number of furan rings is 1. The van der Waals surface area contributed by atoms with Gasteiger partial charge in [0, 0.05) is 22.5 Å². The van der Waals surface area contributed by atoms with Crippen LogP contribution >= 0.6 is 23.8 Å². The van der Waals surface area contributed by atoms with Crippen LogP contribution in [0.1, 0.15) is 29.1 Å². The minimum atomic E-state index is -0.182. The number of hydrogen-bond acceptors (Lipinski definition) is 3. The van der Waals surface area contributed by atoms with Crippen molar-refractivity contribution >= 4 is 34.6 Å². The highest BCUT2D eigenvalue weighted by Gasteiger charge is 2.42. The summed E-state index contributed by atoms with van der Waals surface area (Å²) in [7, 11) is 0. The van der Waals surface area contributed by atoms with Crippen molar-refractivity contribution in [2.75, 3.05) is 4.90 Å². The zero-order valence-electron chi connectivity index (χ0n) is 16.8. The number of benzene rings is 2. The van der Waals surface area contributed by atoms with Crippen LogP contribution in [0.4, 0.5) is 5.69 Å². The normalized spacial score (nSPS) is 18.3.